The number of ether oxygens (including phenoxy) is 7. The van der Waals surface area contributed by atoms with E-state index in [0.29, 0.717) is 17.7 Å². The van der Waals surface area contributed by atoms with Crippen LogP contribution in [-0.4, -0.2) is 101 Å². The van der Waals surface area contributed by atoms with Gasteiger partial charge in [-0.3, -0.25) is 9.59 Å². The summed E-state index contributed by atoms with van der Waals surface area (Å²) in [7, 11) is 2.67. The molecule has 0 aliphatic carbocycles. The summed E-state index contributed by atoms with van der Waals surface area (Å²) in [6.07, 6.45) is -0.0199. The Hall–Kier alpha value is -8.34. The minimum absolute atomic E-state index is 0. The molecule has 0 aliphatic heterocycles. The molecule has 0 amide bonds. The molecule has 5 N–H and O–H groups in total. The normalized spacial score (nSPS) is 11.8. The zero-order chi connectivity index (χ0) is 59.6. The number of ketones is 1. The molecular formula is C57H61Cl2F4N3O15. The molecule has 4 atom stereocenters. The van der Waals surface area contributed by atoms with Gasteiger partial charge in [0.25, 0.3) is 0 Å². The SMILES string of the molecule is CCOC(=O)Cl.CCOC(=O)Oc1c(OC)ccnc1C(=O)C[C@@H](C)C(=O)O[C@@H](C)C(c1ccc(F)cc1)c1ccc(F)cc1.COc1ccnc(C(=O)O)c1O.C[C@H]([NH3+])C(=O)O[C@@H](C)C(c1ccc(F)cc1)c1ccc(F)cc1.[Cl-]. The fourth-order valence-electron chi connectivity index (χ4n) is 7.33. The van der Waals surface area contributed by atoms with E-state index in [9.17, 15) is 51.4 Å². The van der Waals surface area contributed by atoms with Gasteiger partial charge in [-0.25, -0.2) is 46.7 Å². The molecule has 6 aromatic rings. The number of hydrogen-bond acceptors (Lipinski definition) is 16. The number of aromatic hydroxyl groups is 1. The summed E-state index contributed by atoms with van der Waals surface area (Å²) < 4.78 is 88.6. The lowest BCUT2D eigenvalue weighted by atomic mass is 9.87. The number of esters is 2. The van der Waals surface area contributed by atoms with Crippen LogP contribution in [0, 0.1) is 29.2 Å². The van der Waals surface area contributed by atoms with Gasteiger partial charge in [0, 0.05) is 54.4 Å². The highest BCUT2D eigenvalue weighted by Crippen LogP contribution is 2.34. The van der Waals surface area contributed by atoms with Crippen molar-refractivity contribution in [2.75, 3.05) is 27.4 Å². The van der Waals surface area contributed by atoms with Crippen molar-refractivity contribution < 1.29 is 108 Å². The Labute approximate surface area is 475 Å². The molecule has 18 nitrogen and oxygen atoms in total. The Morgan fingerprint density at radius 3 is 1.28 bits per heavy atom. The van der Waals surface area contributed by atoms with Crippen molar-refractivity contribution in [3.05, 3.63) is 178 Å². The van der Waals surface area contributed by atoms with Gasteiger partial charge < -0.3 is 61.5 Å². The van der Waals surface area contributed by atoms with E-state index >= 15 is 0 Å². The summed E-state index contributed by atoms with van der Waals surface area (Å²) in [5, 5.41) is 17.7. The van der Waals surface area contributed by atoms with Crippen LogP contribution in [0.3, 0.4) is 0 Å². The smallest absolute Gasteiger partial charge is 0.514 e. The molecule has 2 aromatic heterocycles. The van der Waals surface area contributed by atoms with E-state index in [1.165, 1.54) is 94.2 Å². The number of rotatable bonds is 19. The highest BCUT2D eigenvalue weighted by molar-refractivity contribution is 6.61. The lowest BCUT2D eigenvalue weighted by Crippen LogP contribution is -3.00. The number of aromatic carboxylic acids is 1. The van der Waals surface area contributed by atoms with Crippen molar-refractivity contribution in [3.8, 4) is 23.0 Å². The second-order valence-electron chi connectivity index (χ2n) is 17.0. The summed E-state index contributed by atoms with van der Waals surface area (Å²) in [6.45, 7) is 10.3. The second-order valence-corrected chi connectivity index (χ2v) is 17.3. The van der Waals surface area contributed by atoms with Gasteiger partial charge in [-0.05, 0) is 105 Å². The Kier molecular flexibility index (Phi) is 29.4. The third kappa shape index (κ3) is 22.0. The maximum Gasteiger partial charge on any atom is 0.514 e. The first-order valence-electron chi connectivity index (χ1n) is 24.4. The maximum absolute atomic E-state index is 13.6. The molecule has 0 bridgehead atoms. The molecule has 436 valence electrons. The number of carboxylic acids is 1. The van der Waals surface area contributed by atoms with Crippen LogP contribution in [0.2, 0.25) is 0 Å². The number of hydrogen-bond donors (Lipinski definition) is 3. The average Bonchev–Trinajstić information content (AvgIpc) is 3.41. The molecule has 24 heteroatoms. The van der Waals surface area contributed by atoms with Gasteiger partial charge in [-0.2, -0.15) is 0 Å². The van der Waals surface area contributed by atoms with Crippen molar-refractivity contribution in [2.24, 2.45) is 5.92 Å². The highest BCUT2D eigenvalue weighted by Gasteiger charge is 2.31. The Bertz CT molecular complexity index is 2890. The second kappa shape index (κ2) is 34.6. The van der Waals surface area contributed by atoms with Crippen LogP contribution < -0.4 is 32.4 Å². The molecule has 0 spiro atoms. The Balaban J connectivity index is 0.000000446. The largest absolute Gasteiger partial charge is 1.00 e. The molecule has 0 radical (unpaired) electrons. The predicted octanol–water partition coefficient (Wildman–Crippen LogP) is 7.41. The van der Waals surface area contributed by atoms with E-state index in [4.69, 9.17) is 40.4 Å². The number of Topliss-reactive ketones (excluding diaryl/α,β-unsaturated/α-hetero) is 1. The fourth-order valence-corrected chi connectivity index (χ4v) is 7.44. The highest BCUT2D eigenvalue weighted by atomic mass is 35.5. The van der Waals surface area contributed by atoms with Gasteiger partial charge in [0.1, 0.15) is 35.5 Å². The van der Waals surface area contributed by atoms with Crippen molar-refractivity contribution in [1.82, 2.24) is 9.97 Å². The van der Waals surface area contributed by atoms with Gasteiger partial charge >= 0.3 is 29.5 Å². The molecule has 0 saturated heterocycles. The lowest BCUT2D eigenvalue weighted by Gasteiger charge is -2.26. The zero-order valence-corrected chi connectivity index (χ0v) is 46.7. The average molecular weight is 1180 g/mol. The van der Waals surface area contributed by atoms with E-state index in [2.05, 4.69) is 25.2 Å². The fraction of sp³-hybridized carbons (Fsp3) is 0.298. The van der Waals surface area contributed by atoms with E-state index < -0.39 is 88.4 Å². The van der Waals surface area contributed by atoms with E-state index in [-0.39, 0.29) is 65.9 Å². The van der Waals surface area contributed by atoms with Crippen LogP contribution in [0.4, 0.5) is 27.2 Å². The van der Waals surface area contributed by atoms with E-state index in [1.807, 2.05) is 0 Å². The minimum Gasteiger partial charge on any atom is -1.00 e. The van der Waals surface area contributed by atoms with Gasteiger partial charge in [0.05, 0.1) is 33.4 Å². The van der Waals surface area contributed by atoms with Crippen molar-refractivity contribution in [2.45, 2.75) is 78.0 Å². The summed E-state index contributed by atoms with van der Waals surface area (Å²) in [4.78, 5) is 77.3. The first kappa shape index (κ1) is 68.8. The molecular weight excluding hydrogens is 1110 g/mol. The number of halogens is 6. The monoisotopic (exact) mass is 1170 g/mol. The van der Waals surface area contributed by atoms with Crippen LogP contribution >= 0.6 is 11.6 Å². The van der Waals surface area contributed by atoms with Crippen LogP contribution in [0.25, 0.3) is 0 Å². The van der Waals surface area contributed by atoms with Crippen LogP contribution in [-0.2, 0) is 28.5 Å². The molecule has 81 heavy (non-hydrogen) atoms. The minimum atomic E-state index is -1.29. The number of carbonyl (C=O) groups excluding carboxylic acids is 5. The molecule has 0 saturated carbocycles. The number of nitrogens with zero attached hydrogens (tertiary/aromatic N) is 2. The summed E-state index contributed by atoms with van der Waals surface area (Å²) in [5.74, 6) is -6.71. The number of carbonyl (C=O) groups is 6. The third-order valence-electron chi connectivity index (χ3n) is 11.1. The number of quaternary nitrogens is 1. The molecule has 4 aromatic carbocycles. The number of pyridine rings is 2. The molecule has 0 fully saturated rings. The molecule has 0 unspecified atom stereocenters. The number of aromatic nitrogens is 2. The summed E-state index contributed by atoms with van der Waals surface area (Å²) in [5.41, 5.74) is 5.19. The standard InChI is InChI=1S/C29H29F2NO7.C18H19F2NO2.C7H7NO4.C3H5ClO2.ClH/c1-5-37-29(35)39-27-24(36-4)14-15-32-26(27)23(33)16-17(2)28(34)38-18(3)25(19-6-10-21(30)11-7-19)20-8-12-22(31)13-9-20;1-11(21)18(22)23-12(2)17(13-3-7-15(19)8-4-13)14-5-9-16(20)10-6-14;1-12-4-2-3-8-5(6(4)9)7(10)11;1-2-6-3(4)5;/h6-15,17-18,25H,5,16H2,1-4H3;3-12,17H,21H2,1-2H3;2-3,9H,1H3,(H,10,11);2H2,1H3;1H/t17-,18+;11-,12-;;;/m10.../s1. The van der Waals surface area contributed by atoms with Crippen molar-refractivity contribution in [1.29, 1.82) is 0 Å². The van der Waals surface area contributed by atoms with Crippen LogP contribution in [0.1, 0.15) is 103 Å². The Morgan fingerprint density at radius 2 is 0.951 bits per heavy atom. The summed E-state index contributed by atoms with van der Waals surface area (Å²) in [6, 6.07) is 25.7. The number of methoxy groups -OCH3 is 2. The first-order valence-corrected chi connectivity index (χ1v) is 24.8. The van der Waals surface area contributed by atoms with Crippen LogP contribution in [0.15, 0.2) is 122 Å². The molecule has 6 rings (SSSR count). The van der Waals surface area contributed by atoms with Crippen LogP contribution in [0.5, 0.6) is 23.0 Å². The summed E-state index contributed by atoms with van der Waals surface area (Å²) >= 11 is 4.72. The maximum atomic E-state index is 13.6. The lowest BCUT2D eigenvalue weighted by molar-refractivity contribution is -0.403. The molecule has 2 heterocycles. The van der Waals surface area contributed by atoms with Gasteiger partial charge in [-0.15, -0.1) is 0 Å². The van der Waals surface area contributed by atoms with E-state index in [1.54, 1.807) is 83.1 Å². The van der Waals surface area contributed by atoms with Crippen molar-refractivity contribution in [3.63, 3.8) is 0 Å². The van der Waals surface area contributed by atoms with Gasteiger partial charge in [0.15, 0.2) is 40.5 Å². The Morgan fingerprint density at radius 1 is 0.580 bits per heavy atom. The predicted molar refractivity (Wildman–Crippen MR) is 282 cm³/mol. The van der Waals surface area contributed by atoms with Crippen molar-refractivity contribution >= 4 is 46.9 Å². The quantitative estimate of drug-likeness (QED) is 0.0234. The van der Waals surface area contributed by atoms with Gasteiger partial charge in [0.2, 0.25) is 5.75 Å². The number of carboxylic acid groups (broad SMARTS) is 1. The van der Waals surface area contributed by atoms with E-state index in [0.717, 1.165) is 11.1 Å². The van der Waals surface area contributed by atoms with Gasteiger partial charge in [-0.1, -0.05) is 55.5 Å². The zero-order valence-electron chi connectivity index (χ0n) is 45.2. The third-order valence-corrected chi connectivity index (χ3v) is 11.2. The number of benzene rings is 4. The first-order chi connectivity index (χ1) is 38.0. The topological polar surface area (TPSA) is 261 Å². The molecule has 0 aliphatic rings.